The molecule has 0 N–H and O–H groups in total. The van der Waals surface area contributed by atoms with Crippen molar-refractivity contribution in [3.8, 4) is 56.3 Å². The molecule has 2 aromatic heterocycles. The molecule has 0 spiro atoms. The third-order valence-electron chi connectivity index (χ3n) is 13.2. The number of nitrogens with zero attached hydrogens (tertiary/aromatic N) is 2. The molecule has 0 aliphatic rings. The van der Waals surface area contributed by atoms with Crippen LogP contribution in [0.2, 0.25) is 0 Å². The van der Waals surface area contributed by atoms with Crippen LogP contribution in [0.1, 0.15) is 0 Å². The van der Waals surface area contributed by atoms with Crippen LogP contribution in [0.3, 0.4) is 0 Å². The van der Waals surface area contributed by atoms with Crippen molar-refractivity contribution in [2.45, 2.75) is 0 Å². The summed E-state index contributed by atoms with van der Waals surface area (Å²) in [6.07, 6.45) is 0. The van der Waals surface area contributed by atoms with Crippen LogP contribution >= 0.6 is 0 Å². The molecule has 0 bridgehead atoms. The molecule has 6 heteroatoms. The van der Waals surface area contributed by atoms with Gasteiger partial charge in [0.25, 0.3) is 11.1 Å². The lowest BCUT2D eigenvalue weighted by molar-refractivity contribution is 0.411. The van der Waals surface area contributed by atoms with Crippen LogP contribution in [-0.4, -0.2) is 23.4 Å². The minimum atomic E-state index is -0.0382. The zero-order valence-corrected chi connectivity index (χ0v) is 36.2. The quantitative estimate of drug-likeness (QED) is 0.150. The van der Waals surface area contributed by atoms with Gasteiger partial charge in [0.2, 0.25) is 0 Å². The maximum absolute atomic E-state index is 13.9. The number of pyridine rings is 2. The fourth-order valence-electron chi connectivity index (χ4n) is 10.0. The molecule has 0 aliphatic heterocycles. The van der Waals surface area contributed by atoms with E-state index in [2.05, 4.69) is 84.9 Å². The average molecular weight is 853 g/mol. The number of fused-ring (bicyclic) bond motifs is 8. The van der Waals surface area contributed by atoms with Crippen LogP contribution in [-0.2, 0) is 0 Å². The van der Waals surface area contributed by atoms with E-state index in [4.69, 9.17) is 9.47 Å². The predicted molar refractivity (Wildman–Crippen MR) is 272 cm³/mol. The number of rotatable bonds is 7. The van der Waals surface area contributed by atoms with Gasteiger partial charge in [-0.15, -0.1) is 0 Å². The first-order valence-corrected chi connectivity index (χ1v) is 22.0. The smallest absolute Gasteiger partial charge is 0.263 e. The Kier molecular flexibility index (Phi) is 9.14. The second-order valence-electron chi connectivity index (χ2n) is 16.7. The van der Waals surface area contributed by atoms with Crippen LogP contribution in [0.15, 0.2) is 216 Å². The highest BCUT2D eigenvalue weighted by molar-refractivity contribution is 6.11. The zero-order valence-electron chi connectivity index (χ0n) is 36.2. The lowest BCUT2D eigenvalue weighted by atomic mass is 9.90. The van der Waals surface area contributed by atoms with E-state index < -0.39 is 0 Å². The number of benzene rings is 10. The fourth-order valence-corrected chi connectivity index (χ4v) is 10.0. The van der Waals surface area contributed by atoms with Crippen molar-refractivity contribution in [2.75, 3.05) is 14.2 Å². The number of aromatic nitrogens is 2. The number of para-hydroxylation sites is 2. The first-order chi connectivity index (χ1) is 32.5. The van der Waals surface area contributed by atoms with Gasteiger partial charge >= 0.3 is 0 Å². The van der Waals surface area contributed by atoms with Crippen molar-refractivity contribution in [3.63, 3.8) is 0 Å². The Morgan fingerprint density at radius 2 is 0.667 bits per heavy atom. The molecule has 6 nitrogen and oxygen atoms in total. The standard InChI is InChI=1S/C60H40N2O4/c1-65-55-33-25-41-35-39(37-19-27-43(28-20-37)61-53-17-9-7-13-49(53)47-11-3-5-15-51(47)59(61)63)23-31-45(41)57(55)58-46-32-24-40(36-42(46)26-34-56(58)66-2)38-21-29-44(30-22-38)62-54-18-10-8-14-50(54)48-12-4-6-16-52(48)60(62)64/h3-36H,1-2H3. The number of hydrogen-bond donors (Lipinski definition) is 0. The van der Waals surface area contributed by atoms with E-state index in [9.17, 15) is 9.59 Å². The minimum Gasteiger partial charge on any atom is -0.496 e. The van der Waals surface area contributed by atoms with Crippen molar-refractivity contribution >= 4 is 64.9 Å². The molecule has 10 aromatic carbocycles. The van der Waals surface area contributed by atoms with Crippen molar-refractivity contribution in [2.24, 2.45) is 0 Å². The van der Waals surface area contributed by atoms with Gasteiger partial charge in [-0.2, -0.15) is 0 Å². The summed E-state index contributed by atoms with van der Waals surface area (Å²) >= 11 is 0. The van der Waals surface area contributed by atoms with Crippen LogP contribution in [0.5, 0.6) is 11.5 Å². The van der Waals surface area contributed by atoms with Gasteiger partial charge < -0.3 is 9.47 Å². The normalized spacial score (nSPS) is 11.6. The van der Waals surface area contributed by atoms with Gasteiger partial charge in [0.05, 0.1) is 25.3 Å². The number of ether oxygens (including phenoxy) is 2. The van der Waals surface area contributed by atoms with Crippen molar-refractivity contribution in [3.05, 3.63) is 227 Å². The second-order valence-corrected chi connectivity index (χ2v) is 16.7. The molecule has 0 saturated heterocycles. The highest BCUT2D eigenvalue weighted by Crippen LogP contribution is 2.46. The summed E-state index contributed by atoms with van der Waals surface area (Å²) in [4.78, 5) is 27.8. The lowest BCUT2D eigenvalue weighted by Gasteiger charge is -2.19. The molecule has 66 heavy (non-hydrogen) atoms. The molecule has 0 unspecified atom stereocenters. The molecular weight excluding hydrogens is 813 g/mol. The largest absolute Gasteiger partial charge is 0.496 e. The summed E-state index contributed by atoms with van der Waals surface area (Å²) < 4.78 is 15.8. The summed E-state index contributed by atoms with van der Waals surface area (Å²) in [5.74, 6) is 1.49. The molecule has 314 valence electrons. The van der Waals surface area contributed by atoms with E-state index >= 15 is 0 Å². The number of methoxy groups -OCH3 is 2. The van der Waals surface area contributed by atoms with Crippen molar-refractivity contribution in [1.82, 2.24) is 9.13 Å². The zero-order chi connectivity index (χ0) is 44.5. The van der Waals surface area contributed by atoms with Crippen LogP contribution in [0.25, 0.3) is 110 Å². The fraction of sp³-hybridized carbons (Fsp3) is 0.0333. The molecule has 12 aromatic rings. The molecular formula is C60H40N2O4. The Bertz CT molecular complexity index is 3790. The van der Waals surface area contributed by atoms with E-state index in [1.165, 1.54) is 0 Å². The van der Waals surface area contributed by atoms with Crippen molar-refractivity contribution in [1.29, 1.82) is 0 Å². The molecule has 12 rings (SSSR count). The summed E-state index contributed by atoms with van der Waals surface area (Å²) in [7, 11) is 3.41. The first-order valence-electron chi connectivity index (χ1n) is 22.0. The molecule has 0 fully saturated rings. The van der Waals surface area contributed by atoms with Gasteiger partial charge in [-0.1, -0.05) is 133 Å². The van der Waals surface area contributed by atoms with E-state index in [0.29, 0.717) is 10.8 Å². The Labute approximate surface area is 379 Å². The van der Waals surface area contributed by atoms with Gasteiger partial charge in [0.1, 0.15) is 11.5 Å². The molecule has 0 amide bonds. The van der Waals surface area contributed by atoms with Crippen LogP contribution in [0.4, 0.5) is 0 Å². The lowest BCUT2D eigenvalue weighted by Crippen LogP contribution is -2.19. The maximum Gasteiger partial charge on any atom is 0.263 e. The monoisotopic (exact) mass is 852 g/mol. The van der Waals surface area contributed by atoms with Crippen molar-refractivity contribution < 1.29 is 9.47 Å². The Balaban J connectivity index is 0.915. The second kappa shape index (κ2) is 15.5. The highest BCUT2D eigenvalue weighted by atomic mass is 16.5. The molecule has 0 aliphatic carbocycles. The van der Waals surface area contributed by atoms with Gasteiger partial charge in [-0.3, -0.25) is 18.7 Å². The SMILES string of the molecule is COc1ccc2cc(-c3ccc(-n4c(=O)c5ccccc5c5ccccc54)cc3)ccc2c1-c1c(OC)ccc2cc(-c3ccc(-n4c(=O)c5ccccc5c5ccccc54)cc3)ccc12. The Hall–Kier alpha value is -8.74. The third kappa shape index (κ3) is 6.10. The van der Waals surface area contributed by atoms with Gasteiger partial charge in [-0.05, 0) is 127 Å². The average Bonchev–Trinajstić information content (AvgIpc) is 3.38. The van der Waals surface area contributed by atoms with Crippen LogP contribution < -0.4 is 20.6 Å². The summed E-state index contributed by atoms with van der Waals surface area (Å²) in [6, 6.07) is 69.5. The first kappa shape index (κ1) is 38.9. The molecule has 0 radical (unpaired) electrons. The molecule has 2 heterocycles. The van der Waals surface area contributed by atoms with E-state index in [1.807, 2.05) is 130 Å². The third-order valence-corrected chi connectivity index (χ3v) is 13.2. The topological polar surface area (TPSA) is 62.5 Å². The summed E-state index contributed by atoms with van der Waals surface area (Å²) in [6.45, 7) is 0. The summed E-state index contributed by atoms with van der Waals surface area (Å²) in [5.41, 5.74) is 9.39. The predicted octanol–water partition coefficient (Wildman–Crippen LogP) is 13.9. The van der Waals surface area contributed by atoms with Gasteiger partial charge in [0.15, 0.2) is 0 Å². The maximum atomic E-state index is 13.9. The van der Waals surface area contributed by atoms with E-state index in [0.717, 1.165) is 110 Å². The highest BCUT2D eigenvalue weighted by Gasteiger charge is 2.20. The Morgan fingerprint density at radius 3 is 1.06 bits per heavy atom. The number of hydrogen-bond acceptors (Lipinski definition) is 4. The van der Waals surface area contributed by atoms with E-state index in [-0.39, 0.29) is 11.1 Å². The molecule has 0 saturated carbocycles. The summed E-state index contributed by atoms with van der Waals surface area (Å²) in [5, 5.41) is 9.56. The minimum absolute atomic E-state index is 0.0382. The van der Waals surface area contributed by atoms with Crippen LogP contribution in [0, 0.1) is 0 Å². The van der Waals surface area contributed by atoms with Gasteiger partial charge in [0, 0.05) is 44.0 Å². The van der Waals surface area contributed by atoms with E-state index in [1.54, 1.807) is 14.2 Å². The Morgan fingerprint density at radius 1 is 0.318 bits per heavy atom. The van der Waals surface area contributed by atoms with Gasteiger partial charge in [-0.25, -0.2) is 0 Å². The molecule has 0 atom stereocenters.